The van der Waals surface area contributed by atoms with Gasteiger partial charge >= 0.3 is 0 Å². The van der Waals surface area contributed by atoms with E-state index >= 15 is 0 Å². The third kappa shape index (κ3) is 2.66. The van der Waals surface area contributed by atoms with Crippen molar-refractivity contribution < 1.29 is 9.59 Å². The number of carbonyl (C=O) groups excluding carboxylic acids is 2. The fraction of sp³-hybridized carbons (Fsp3) is 0.400. The zero-order chi connectivity index (χ0) is 18.4. The van der Waals surface area contributed by atoms with Crippen LogP contribution in [-0.2, 0) is 16.1 Å². The number of amides is 2. The normalized spacial score (nSPS) is 22.3. The van der Waals surface area contributed by atoms with Crippen LogP contribution in [0.15, 0.2) is 30.3 Å². The molecule has 0 spiro atoms. The van der Waals surface area contributed by atoms with Crippen molar-refractivity contribution in [1.29, 1.82) is 0 Å². The van der Waals surface area contributed by atoms with E-state index in [1.54, 1.807) is 0 Å². The standard InChI is InChI=1S/C20H22N4O2/c1-12-13(2)21-20(22-14(12)3)23-10-16-17(11-23)19(26)24(18(16)25)9-15-7-5-4-6-8-15/h4-8,16-17H,9-11H2,1-3H3/t16-,17+. The molecule has 0 unspecified atom stereocenters. The molecule has 3 heterocycles. The first-order valence-electron chi connectivity index (χ1n) is 8.91. The number of aryl methyl sites for hydroxylation is 2. The maximum Gasteiger partial charge on any atom is 0.235 e. The van der Waals surface area contributed by atoms with E-state index in [1.165, 1.54) is 4.90 Å². The number of benzene rings is 1. The van der Waals surface area contributed by atoms with Gasteiger partial charge in [-0.2, -0.15) is 0 Å². The SMILES string of the molecule is Cc1nc(N2C[C@@H]3C(=O)N(Cc4ccccc4)C(=O)[C@@H]3C2)nc(C)c1C. The Labute approximate surface area is 152 Å². The molecule has 2 fully saturated rings. The van der Waals surface area contributed by atoms with Crippen LogP contribution in [0.2, 0.25) is 0 Å². The molecule has 6 nitrogen and oxygen atoms in total. The van der Waals surface area contributed by atoms with Crippen LogP contribution in [0, 0.1) is 32.6 Å². The summed E-state index contributed by atoms with van der Waals surface area (Å²) in [6.45, 7) is 7.28. The first kappa shape index (κ1) is 16.7. The second-order valence-corrected chi connectivity index (χ2v) is 7.19. The van der Waals surface area contributed by atoms with Crippen molar-refractivity contribution >= 4 is 17.8 Å². The molecule has 0 bridgehead atoms. The minimum atomic E-state index is -0.295. The molecule has 0 aliphatic carbocycles. The quantitative estimate of drug-likeness (QED) is 0.793. The summed E-state index contributed by atoms with van der Waals surface area (Å²) in [4.78, 5) is 38.1. The number of rotatable bonds is 3. The molecule has 2 amide bonds. The molecule has 2 saturated heterocycles. The molecular weight excluding hydrogens is 328 g/mol. The third-order valence-electron chi connectivity index (χ3n) is 5.57. The van der Waals surface area contributed by atoms with E-state index in [-0.39, 0.29) is 23.7 Å². The zero-order valence-corrected chi connectivity index (χ0v) is 15.3. The minimum Gasteiger partial charge on any atom is -0.339 e. The van der Waals surface area contributed by atoms with E-state index in [4.69, 9.17) is 0 Å². The van der Waals surface area contributed by atoms with Crippen molar-refractivity contribution in [2.45, 2.75) is 27.3 Å². The number of anilines is 1. The largest absolute Gasteiger partial charge is 0.339 e. The molecule has 134 valence electrons. The van der Waals surface area contributed by atoms with Crippen LogP contribution in [0.5, 0.6) is 0 Å². The highest BCUT2D eigenvalue weighted by Crippen LogP contribution is 2.35. The summed E-state index contributed by atoms with van der Waals surface area (Å²) in [5, 5.41) is 0. The van der Waals surface area contributed by atoms with Crippen LogP contribution in [0.25, 0.3) is 0 Å². The summed E-state index contributed by atoms with van der Waals surface area (Å²) >= 11 is 0. The van der Waals surface area contributed by atoms with Crippen molar-refractivity contribution in [3.8, 4) is 0 Å². The van der Waals surface area contributed by atoms with E-state index in [1.807, 2.05) is 56.0 Å². The lowest BCUT2D eigenvalue weighted by molar-refractivity contribution is -0.140. The highest BCUT2D eigenvalue weighted by Gasteiger charge is 2.52. The van der Waals surface area contributed by atoms with Crippen LogP contribution in [0.1, 0.15) is 22.5 Å². The highest BCUT2D eigenvalue weighted by molar-refractivity contribution is 6.06. The number of imide groups is 1. The van der Waals surface area contributed by atoms with Crippen molar-refractivity contribution in [1.82, 2.24) is 14.9 Å². The van der Waals surface area contributed by atoms with Crippen LogP contribution < -0.4 is 4.90 Å². The Morgan fingerprint density at radius 2 is 1.46 bits per heavy atom. The maximum atomic E-state index is 12.8. The Kier molecular flexibility index (Phi) is 3.98. The minimum absolute atomic E-state index is 0.0769. The van der Waals surface area contributed by atoms with Gasteiger partial charge in [-0.25, -0.2) is 9.97 Å². The summed E-state index contributed by atoms with van der Waals surface area (Å²) in [6, 6.07) is 9.64. The molecule has 0 radical (unpaired) electrons. The molecular formula is C20H22N4O2. The van der Waals surface area contributed by atoms with Gasteiger partial charge in [-0.1, -0.05) is 30.3 Å². The van der Waals surface area contributed by atoms with Gasteiger partial charge in [0, 0.05) is 24.5 Å². The Balaban J connectivity index is 1.53. The van der Waals surface area contributed by atoms with Crippen molar-refractivity contribution in [3.05, 3.63) is 52.8 Å². The fourth-order valence-corrected chi connectivity index (χ4v) is 3.79. The van der Waals surface area contributed by atoms with Gasteiger partial charge in [0.25, 0.3) is 0 Å². The van der Waals surface area contributed by atoms with Gasteiger partial charge in [-0.15, -0.1) is 0 Å². The molecule has 2 aliphatic heterocycles. The van der Waals surface area contributed by atoms with Gasteiger partial charge in [-0.05, 0) is 31.9 Å². The van der Waals surface area contributed by atoms with Gasteiger partial charge < -0.3 is 4.90 Å². The van der Waals surface area contributed by atoms with E-state index in [0.29, 0.717) is 25.6 Å². The number of hydrogen-bond donors (Lipinski definition) is 0. The highest BCUT2D eigenvalue weighted by atomic mass is 16.2. The van der Waals surface area contributed by atoms with E-state index in [2.05, 4.69) is 9.97 Å². The Morgan fingerprint density at radius 3 is 2.00 bits per heavy atom. The number of fused-ring (bicyclic) bond motifs is 1. The predicted octanol–water partition coefficient (Wildman–Crippen LogP) is 2.02. The maximum absolute atomic E-state index is 12.8. The van der Waals surface area contributed by atoms with Crippen LogP contribution in [-0.4, -0.2) is 39.8 Å². The molecule has 26 heavy (non-hydrogen) atoms. The topological polar surface area (TPSA) is 66.4 Å². The van der Waals surface area contributed by atoms with Gasteiger partial charge in [-0.3, -0.25) is 14.5 Å². The van der Waals surface area contributed by atoms with Crippen molar-refractivity contribution in [3.63, 3.8) is 0 Å². The average molecular weight is 350 g/mol. The first-order chi connectivity index (χ1) is 12.5. The molecule has 1 aromatic heterocycles. The smallest absolute Gasteiger partial charge is 0.235 e. The zero-order valence-electron chi connectivity index (χ0n) is 15.3. The monoisotopic (exact) mass is 350 g/mol. The van der Waals surface area contributed by atoms with Crippen molar-refractivity contribution in [2.75, 3.05) is 18.0 Å². The van der Waals surface area contributed by atoms with Crippen LogP contribution in [0.4, 0.5) is 5.95 Å². The fourth-order valence-electron chi connectivity index (χ4n) is 3.79. The summed E-state index contributed by atoms with van der Waals surface area (Å²) in [5.41, 5.74) is 3.93. The third-order valence-corrected chi connectivity index (χ3v) is 5.57. The van der Waals surface area contributed by atoms with E-state index in [0.717, 1.165) is 22.5 Å². The lowest BCUT2D eigenvalue weighted by Crippen LogP contribution is -2.36. The molecule has 2 atom stereocenters. The number of aromatic nitrogens is 2. The lowest BCUT2D eigenvalue weighted by Gasteiger charge is -2.21. The molecule has 6 heteroatoms. The Bertz CT molecular complexity index is 834. The molecule has 0 N–H and O–H groups in total. The average Bonchev–Trinajstić information content (AvgIpc) is 3.16. The molecule has 1 aromatic carbocycles. The van der Waals surface area contributed by atoms with Crippen molar-refractivity contribution in [2.24, 2.45) is 11.8 Å². The van der Waals surface area contributed by atoms with Gasteiger partial charge in [0.15, 0.2) is 0 Å². The van der Waals surface area contributed by atoms with Gasteiger partial charge in [0.1, 0.15) is 0 Å². The summed E-state index contributed by atoms with van der Waals surface area (Å²) < 4.78 is 0. The molecule has 4 rings (SSSR count). The summed E-state index contributed by atoms with van der Waals surface area (Å²) in [7, 11) is 0. The Morgan fingerprint density at radius 1 is 0.923 bits per heavy atom. The van der Waals surface area contributed by atoms with Gasteiger partial charge in [0.05, 0.1) is 18.4 Å². The Hall–Kier alpha value is -2.76. The second-order valence-electron chi connectivity index (χ2n) is 7.19. The van der Waals surface area contributed by atoms with E-state index < -0.39 is 0 Å². The number of nitrogens with zero attached hydrogens (tertiary/aromatic N) is 4. The number of carbonyl (C=O) groups is 2. The molecule has 0 saturated carbocycles. The lowest BCUT2D eigenvalue weighted by atomic mass is 10.00. The second kappa shape index (κ2) is 6.20. The van der Waals surface area contributed by atoms with E-state index in [9.17, 15) is 9.59 Å². The molecule has 2 aromatic rings. The number of hydrogen-bond acceptors (Lipinski definition) is 5. The molecule has 2 aliphatic rings. The van der Waals surface area contributed by atoms with Crippen LogP contribution in [0.3, 0.4) is 0 Å². The first-order valence-corrected chi connectivity index (χ1v) is 8.91. The number of likely N-dealkylation sites (tertiary alicyclic amines) is 1. The summed E-state index contributed by atoms with van der Waals surface area (Å²) in [6.07, 6.45) is 0. The summed E-state index contributed by atoms with van der Waals surface area (Å²) in [5.74, 6) is -0.123. The van der Waals surface area contributed by atoms with Crippen LogP contribution >= 0.6 is 0 Å². The van der Waals surface area contributed by atoms with Gasteiger partial charge in [0.2, 0.25) is 17.8 Å². The predicted molar refractivity (Wildman–Crippen MR) is 97.4 cm³/mol.